The Kier molecular flexibility index (Phi) is 13.2. The third-order valence-corrected chi connectivity index (χ3v) is 10.2. The van der Waals surface area contributed by atoms with E-state index in [1.807, 2.05) is 27.8 Å². The lowest BCUT2D eigenvalue weighted by atomic mass is 10.0. The average molecular weight is 696 g/mol. The number of benzene rings is 3. The molecule has 11 nitrogen and oxygen atoms in total. The first kappa shape index (κ1) is 37.8. The van der Waals surface area contributed by atoms with Crippen LogP contribution >= 0.6 is 0 Å². The van der Waals surface area contributed by atoms with E-state index in [1.165, 1.54) is 18.2 Å². The topological polar surface area (TPSA) is 146 Å². The second-order valence-electron chi connectivity index (χ2n) is 13.1. The van der Waals surface area contributed by atoms with Crippen molar-refractivity contribution in [2.75, 3.05) is 38.1 Å². The Balaban J connectivity index is 1.62. The summed E-state index contributed by atoms with van der Waals surface area (Å²) < 4.78 is 41.8. The van der Waals surface area contributed by atoms with Gasteiger partial charge in [0.25, 0.3) is 15.9 Å². The number of sulfonamides is 1. The quantitative estimate of drug-likeness (QED) is 0.253. The van der Waals surface area contributed by atoms with Gasteiger partial charge in [0.1, 0.15) is 5.75 Å². The number of anilines is 1. The van der Waals surface area contributed by atoms with E-state index in [2.05, 4.69) is 9.62 Å². The van der Waals surface area contributed by atoms with Crippen LogP contribution in [0, 0.1) is 12.8 Å². The predicted molar refractivity (Wildman–Crippen MR) is 189 cm³/mol. The highest BCUT2D eigenvalue weighted by atomic mass is 32.2. The summed E-state index contributed by atoms with van der Waals surface area (Å²) in [5.74, 6) is -1.17. The molecule has 1 aliphatic heterocycles. The fraction of sp³-hybridized carbons (Fsp3) is 0.459. The summed E-state index contributed by atoms with van der Waals surface area (Å²) >= 11 is 0. The van der Waals surface area contributed by atoms with Crippen LogP contribution in [-0.4, -0.2) is 91.9 Å². The Labute approximate surface area is 289 Å². The summed E-state index contributed by atoms with van der Waals surface area (Å²) in [4.78, 5) is 29.5. The van der Waals surface area contributed by atoms with Gasteiger partial charge in [-0.05, 0) is 95.1 Å². The standard InChI is InChI=1S/C37H49N3O8S/c1-25-9-16-32(17-10-25)49(45,46)38-31-15-18-34-33(20-31)36(42)40(27(3)24-41)21-26(2)35(47-19-7-6-8-28(4)48-34)23-39(5)22-29-11-13-30(14-12-29)37(43)44/h9-18,20,26-28,35,38,41H,6-8,19,21-24H2,1-5H3,(H,43,44)/t26-,27+,28-,35-/m0/s1. The molecule has 49 heavy (non-hydrogen) atoms. The fourth-order valence-corrected chi connectivity index (χ4v) is 6.87. The number of likely N-dealkylation sites (N-methyl/N-ethyl adjacent to an activating group) is 1. The molecule has 0 radical (unpaired) electrons. The van der Waals surface area contributed by atoms with Crippen LogP contribution in [0.25, 0.3) is 0 Å². The second kappa shape index (κ2) is 17.1. The molecule has 0 aliphatic carbocycles. The number of nitrogens with one attached hydrogen (secondary N) is 1. The summed E-state index contributed by atoms with van der Waals surface area (Å²) in [7, 11) is -1.96. The van der Waals surface area contributed by atoms with E-state index in [9.17, 15) is 28.2 Å². The van der Waals surface area contributed by atoms with Crippen molar-refractivity contribution in [3.05, 3.63) is 89.0 Å². The molecule has 1 heterocycles. The molecule has 0 fully saturated rings. The van der Waals surface area contributed by atoms with Crippen molar-refractivity contribution in [3.63, 3.8) is 0 Å². The van der Waals surface area contributed by atoms with E-state index < -0.39 is 27.9 Å². The van der Waals surface area contributed by atoms with Gasteiger partial charge in [0.2, 0.25) is 0 Å². The number of ether oxygens (including phenoxy) is 2. The fourth-order valence-electron chi connectivity index (χ4n) is 5.82. The predicted octanol–water partition coefficient (Wildman–Crippen LogP) is 5.42. The molecule has 1 aliphatic rings. The van der Waals surface area contributed by atoms with Gasteiger partial charge in [0, 0.05) is 37.8 Å². The molecule has 1 amide bonds. The SMILES string of the molecule is Cc1ccc(S(=O)(=O)Nc2ccc3c(c2)C(=O)N([C@H](C)CO)C[C@H](C)[C@H](CN(C)Cc2ccc(C(=O)O)cc2)OCCCC[C@H](C)O3)cc1. The first-order chi connectivity index (χ1) is 23.3. The van der Waals surface area contributed by atoms with Crippen molar-refractivity contribution in [1.82, 2.24) is 9.80 Å². The molecule has 3 aromatic carbocycles. The van der Waals surface area contributed by atoms with Gasteiger partial charge in [-0.2, -0.15) is 0 Å². The van der Waals surface area contributed by atoms with Crippen LogP contribution < -0.4 is 9.46 Å². The Morgan fingerprint density at radius 2 is 1.76 bits per heavy atom. The van der Waals surface area contributed by atoms with E-state index in [1.54, 1.807) is 60.4 Å². The number of fused-ring (bicyclic) bond motifs is 1. The highest BCUT2D eigenvalue weighted by molar-refractivity contribution is 7.92. The number of carbonyl (C=O) groups excluding carboxylic acids is 1. The molecule has 12 heteroatoms. The molecular weight excluding hydrogens is 646 g/mol. The van der Waals surface area contributed by atoms with Crippen LogP contribution in [0.3, 0.4) is 0 Å². The Morgan fingerprint density at radius 1 is 1.06 bits per heavy atom. The number of hydrogen-bond donors (Lipinski definition) is 3. The van der Waals surface area contributed by atoms with Gasteiger partial charge >= 0.3 is 5.97 Å². The third-order valence-electron chi connectivity index (χ3n) is 8.78. The molecular formula is C37H49N3O8S. The zero-order valence-corrected chi connectivity index (χ0v) is 29.8. The number of amides is 1. The van der Waals surface area contributed by atoms with Crippen LogP contribution in [0.1, 0.15) is 71.9 Å². The van der Waals surface area contributed by atoms with E-state index in [0.717, 1.165) is 30.4 Å². The zero-order valence-electron chi connectivity index (χ0n) is 29.0. The number of aliphatic hydroxyl groups is 1. The molecule has 0 unspecified atom stereocenters. The number of carboxylic acids is 1. The Bertz CT molecular complexity index is 1660. The first-order valence-electron chi connectivity index (χ1n) is 16.7. The molecule has 266 valence electrons. The lowest BCUT2D eigenvalue weighted by Crippen LogP contribution is -2.47. The van der Waals surface area contributed by atoms with E-state index in [0.29, 0.717) is 25.4 Å². The molecule has 0 saturated carbocycles. The van der Waals surface area contributed by atoms with Crippen LogP contribution in [0.5, 0.6) is 5.75 Å². The Hall–Kier alpha value is -3.97. The highest BCUT2D eigenvalue weighted by Crippen LogP contribution is 2.29. The summed E-state index contributed by atoms with van der Waals surface area (Å²) in [6.45, 7) is 9.25. The highest BCUT2D eigenvalue weighted by Gasteiger charge is 2.31. The van der Waals surface area contributed by atoms with Crippen LogP contribution in [0.2, 0.25) is 0 Å². The normalized spacial score (nSPS) is 20.2. The lowest BCUT2D eigenvalue weighted by Gasteiger charge is -2.36. The van der Waals surface area contributed by atoms with E-state index >= 15 is 0 Å². The largest absolute Gasteiger partial charge is 0.490 e. The second-order valence-corrected chi connectivity index (χ2v) is 14.8. The van der Waals surface area contributed by atoms with E-state index in [-0.39, 0.29) is 53.0 Å². The third kappa shape index (κ3) is 10.5. The van der Waals surface area contributed by atoms with Gasteiger partial charge in [-0.15, -0.1) is 0 Å². The maximum absolute atomic E-state index is 14.4. The minimum absolute atomic E-state index is 0.104. The summed E-state index contributed by atoms with van der Waals surface area (Å²) in [6.07, 6.45) is 1.91. The van der Waals surface area contributed by atoms with Gasteiger partial charge in [0.05, 0.1) is 40.9 Å². The van der Waals surface area contributed by atoms with Crippen molar-refractivity contribution in [3.8, 4) is 5.75 Å². The molecule has 4 rings (SSSR count). The van der Waals surface area contributed by atoms with Gasteiger partial charge in [-0.25, -0.2) is 13.2 Å². The monoisotopic (exact) mass is 695 g/mol. The molecule has 3 aromatic rings. The van der Waals surface area contributed by atoms with Crippen molar-refractivity contribution < 1.29 is 37.7 Å². The van der Waals surface area contributed by atoms with E-state index in [4.69, 9.17) is 9.47 Å². The number of aromatic carboxylic acids is 1. The number of carboxylic acid groups (broad SMARTS) is 1. The zero-order chi connectivity index (χ0) is 35.7. The summed E-state index contributed by atoms with van der Waals surface area (Å²) in [6, 6.07) is 17.5. The van der Waals surface area contributed by atoms with Crippen molar-refractivity contribution in [2.45, 2.75) is 76.6 Å². The van der Waals surface area contributed by atoms with Crippen molar-refractivity contribution in [1.29, 1.82) is 0 Å². The number of rotatable bonds is 10. The molecule has 3 N–H and O–H groups in total. The molecule has 0 bridgehead atoms. The minimum atomic E-state index is -3.93. The van der Waals surface area contributed by atoms with Gasteiger partial charge in [-0.3, -0.25) is 14.4 Å². The van der Waals surface area contributed by atoms with Crippen LogP contribution in [0.15, 0.2) is 71.6 Å². The minimum Gasteiger partial charge on any atom is -0.490 e. The first-order valence-corrected chi connectivity index (χ1v) is 18.2. The summed E-state index contributed by atoms with van der Waals surface area (Å²) in [5.41, 5.74) is 2.54. The number of hydrogen-bond acceptors (Lipinski definition) is 8. The van der Waals surface area contributed by atoms with Crippen molar-refractivity contribution in [2.24, 2.45) is 5.92 Å². The average Bonchev–Trinajstić information content (AvgIpc) is 3.06. The molecule has 4 atom stereocenters. The van der Waals surface area contributed by atoms with Gasteiger partial charge < -0.3 is 24.6 Å². The number of aliphatic hydroxyl groups excluding tert-OH is 1. The van der Waals surface area contributed by atoms with Gasteiger partial charge in [0.15, 0.2) is 0 Å². The molecule has 0 spiro atoms. The Morgan fingerprint density at radius 3 is 2.41 bits per heavy atom. The maximum Gasteiger partial charge on any atom is 0.335 e. The van der Waals surface area contributed by atoms with Crippen molar-refractivity contribution >= 4 is 27.6 Å². The maximum atomic E-state index is 14.4. The van der Waals surface area contributed by atoms with Crippen LogP contribution in [0.4, 0.5) is 5.69 Å². The number of aryl methyl sites for hydroxylation is 1. The molecule has 0 saturated heterocycles. The molecule has 0 aromatic heterocycles. The number of carbonyl (C=O) groups is 2. The smallest absolute Gasteiger partial charge is 0.335 e. The number of nitrogens with zero attached hydrogens (tertiary/aromatic N) is 2. The summed E-state index contributed by atoms with van der Waals surface area (Å²) in [5, 5.41) is 19.5. The van der Waals surface area contributed by atoms with Crippen LogP contribution in [-0.2, 0) is 21.3 Å². The lowest BCUT2D eigenvalue weighted by molar-refractivity contribution is -0.0177. The van der Waals surface area contributed by atoms with Gasteiger partial charge in [-0.1, -0.05) is 36.8 Å².